The standard InChI is InChI=1S/C28H24N6/c1-3-11-21(12-4-1)19-27(33-29-23-15-7-8-16-24(23)30-33)28(20-22-13-5-2-6-14-22)34-31-25-17-9-10-18-26(25)32-34/h1-18,27-28H,19-20H2/t27-,28-/m1/s1. The molecule has 0 spiro atoms. The molecule has 2 atom stereocenters. The summed E-state index contributed by atoms with van der Waals surface area (Å²) in [5.41, 5.74) is 6.00. The van der Waals surface area contributed by atoms with Gasteiger partial charge in [-0.05, 0) is 48.2 Å². The van der Waals surface area contributed by atoms with Gasteiger partial charge in [-0.1, -0.05) is 84.9 Å². The van der Waals surface area contributed by atoms with Crippen LogP contribution in [0.4, 0.5) is 0 Å². The second kappa shape index (κ2) is 8.90. The van der Waals surface area contributed by atoms with Crippen molar-refractivity contribution in [3.05, 3.63) is 120 Å². The van der Waals surface area contributed by atoms with Crippen LogP contribution in [0.25, 0.3) is 22.1 Å². The highest BCUT2D eigenvalue weighted by Crippen LogP contribution is 2.30. The zero-order chi connectivity index (χ0) is 22.7. The van der Waals surface area contributed by atoms with Gasteiger partial charge in [0.25, 0.3) is 0 Å². The van der Waals surface area contributed by atoms with Gasteiger partial charge in [0.15, 0.2) is 0 Å². The van der Waals surface area contributed by atoms with E-state index in [0.717, 1.165) is 34.9 Å². The first-order valence-corrected chi connectivity index (χ1v) is 11.5. The van der Waals surface area contributed by atoms with Crippen LogP contribution in [-0.4, -0.2) is 30.0 Å². The Labute approximate surface area is 197 Å². The predicted molar refractivity (Wildman–Crippen MR) is 133 cm³/mol. The molecule has 166 valence electrons. The highest BCUT2D eigenvalue weighted by Gasteiger charge is 2.30. The number of fused-ring (bicyclic) bond motifs is 2. The minimum Gasteiger partial charge on any atom is -0.178 e. The largest absolute Gasteiger partial charge is 0.178 e. The van der Waals surface area contributed by atoms with Gasteiger partial charge in [-0.3, -0.25) is 0 Å². The van der Waals surface area contributed by atoms with Crippen LogP contribution in [0, 0.1) is 0 Å². The fraction of sp³-hybridized carbons (Fsp3) is 0.143. The Morgan fingerprint density at radius 2 is 0.706 bits per heavy atom. The molecule has 0 radical (unpaired) electrons. The fourth-order valence-electron chi connectivity index (χ4n) is 4.50. The quantitative estimate of drug-likeness (QED) is 0.329. The summed E-state index contributed by atoms with van der Waals surface area (Å²) < 4.78 is 0. The fourth-order valence-corrected chi connectivity index (χ4v) is 4.50. The third-order valence-corrected chi connectivity index (χ3v) is 6.22. The van der Waals surface area contributed by atoms with Gasteiger partial charge < -0.3 is 0 Å². The average Bonchev–Trinajstić information content (AvgIpc) is 3.51. The van der Waals surface area contributed by atoms with E-state index in [0.29, 0.717) is 0 Å². The molecule has 0 amide bonds. The normalized spacial score (nSPS) is 13.3. The van der Waals surface area contributed by atoms with Crippen LogP contribution in [0.2, 0.25) is 0 Å². The molecule has 2 aromatic heterocycles. The van der Waals surface area contributed by atoms with E-state index in [1.54, 1.807) is 0 Å². The van der Waals surface area contributed by atoms with Crippen molar-refractivity contribution in [2.45, 2.75) is 24.9 Å². The molecule has 0 saturated carbocycles. The van der Waals surface area contributed by atoms with Gasteiger partial charge in [0, 0.05) is 0 Å². The minimum absolute atomic E-state index is 0.0863. The van der Waals surface area contributed by atoms with Gasteiger partial charge in [0.1, 0.15) is 34.2 Å². The second-order valence-electron chi connectivity index (χ2n) is 8.53. The van der Waals surface area contributed by atoms with Crippen molar-refractivity contribution in [3.8, 4) is 0 Å². The molecule has 6 aromatic rings. The Balaban J connectivity index is 1.50. The van der Waals surface area contributed by atoms with Crippen molar-refractivity contribution in [2.24, 2.45) is 0 Å². The van der Waals surface area contributed by atoms with Crippen molar-refractivity contribution >= 4 is 22.1 Å². The molecule has 0 aliphatic heterocycles. The molecule has 6 rings (SSSR count). The van der Waals surface area contributed by atoms with E-state index in [9.17, 15) is 0 Å². The summed E-state index contributed by atoms with van der Waals surface area (Å²) in [6, 6.07) is 36.8. The van der Waals surface area contributed by atoms with E-state index >= 15 is 0 Å². The molecule has 0 fully saturated rings. The van der Waals surface area contributed by atoms with Gasteiger partial charge in [-0.15, -0.1) is 0 Å². The predicted octanol–water partition coefficient (Wildman–Crippen LogP) is 5.44. The number of rotatable bonds is 7. The van der Waals surface area contributed by atoms with Gasteiger partial charge in [0.05, 0.1) is 0 Å². The SMILES string of the molecule is c1ccc(C[C@H]([C@@H](Cc2ccccc2)n2nc3ccccc3n2)n2nc3ccccc3n2)cc1. The van der Waals surface area contributed by atoms with Gasteiger partial charge in [-0.2, -0.15) is 30.0 Å². The number of hydrogen-bond acceptors (Lipinski definition) is 4. The summed E-state index contributed by atoms with van der Waals surface area (Å²) in [4.78, 5) is 3.75. The van der Waals surface area contributed by atoms with Crippen LogP contribution >= 0.6 is 0 Å². The first-order chi connectivity index (χ1) is 16.8. The molecule has 0 bridgehead atoms. The maximum absolute atomic E-state index is 4.89. The van der Waals surface area contributed by atoms with Gasteiger partial charge >= 0.3 is 0 Å². The summed E-state index contributed by atoms with van der Waals surface area (Å²) in [7, 11) is 0. The van der Waals surface area contributed by atoms with Crippen LogP contribution in [0.5, 0.6) is 0 Å². The number of benzene rings is 4. The van der Waals surface area contributed by atoms with Crippen molar-refractivity contribution in [2.75, 3.05) is 0 Å². The van der Waals surface area contributed by atoms with Crippen LogP contribution in [0.15, 0.2) is 109 Å². The number of nitrogens with zero attached hydrogens (tertiary/aromatic N) is 6. The average molecular weight is 445 g/mol. The Morgan fingerprint density at radius 3 is 1.03 bits per heavy atom. The third-order valence-electron chi connectivity index (χ3n) is 6.22. The Bertz CT molecular complexity index is 1340. The maximum Gasteiger partial charge on any atom is 0.113 e. The topological polar surface area (TPSA) is 61.4 Å². The Morgan fingerprint density at radius 1 is 0.412 bits per heavy atom. The first kappa shape index (κ1) is 20.3. The molecular formula is C28H24N6. The smallest absolute Gasteiger partial charge is 0.113 e. The van der Waals surface area contributed by atoms with Gasteiger partial charge in [0.2, 0.25) is 0 Å². The molecule has 34 heavy (non-hydrogen) atoms. The zero-order valence-corrected chi connectivity index (χ0v) is 18.6. The molecule has 0 unspecified atom stereocenters. The van der Waals surface area contributed by atoms with E-state index in [2.05, 4.69) is 48.5 Å². The third kappa shape index (κ3) is 4.06. The molecule has 0 aliphatic carbocycles. The summed E-state index contributed by atoms with van der Waals surface area (Å²) in [6.07, 6.45) is 1.52. The minimum atomic E-state index is -0.0863. The zero-order valence-electron chi connectivity index (χ0n) is 18.6. The molecular weight excluding hydrogens is 420 g/mol. The molecule has 6 heteroatoms. The molecule has 0 aliphatic rings. The molecule has 4 aromatic carbocycles. The first-order valence-electron chi connectivity index (χ1n) is 11.5. The summed E-state index contributed by atoms with van der Waals surface area (Å²) in [5, 5.41) is 19.6. The van der Waals surface area contributed by atoms with Crippen LogP contribution < -0.4 is 0 Å². The van der Waals surface area contributed by atoms with Crippen molar-refractivity contribution < 1.29 is 0 Å². The summed E-state index contributed by atoms with van der Waals surface area (Å²) in [6.45, 7) is 0. The van der Waals surface area contributed by atoms with Gasteiger partial charge in [-0.25, -0.2) is 0 Å². The van der Waals surface area contributed by atoms with E-state index in [4.69, 9.17) is 20.4 Å². The van der Waals surface area contributed by atoms with Crippen molar-refractivity contribution in [1.82, 2.24) is 30.0 Å². The molecule has 0 saturated heterocycles. The van der Waals surface area contributed by atoms with Crippen LogP contribution in [0.1, 0.15) is 23.2 Å². The highest BCUT2D eigenvalue weighted by molar-refractivity contribution is 5.73. The van der Waals surface area contributed by atoms with Crippen molar-refractivity contribution in [1.29, 1.82) is 0 Å². The number of hydrogen-bond donors (Lipinski definition) is 0. The van der Waals surface area contributed by atoms with E-state index in [1.165, 1.54) is 11.1 Å². The lowest BCUT2D eigenvalue weighted by Gasteiger charge is -2.26. The molecule has 6 nitrogen and oxygen atoms in total. The maximum atomic E-state index is 4.89. The molecule has 0 N–H and O–H groups in total. The summed E-state index contributed by atoms with van der Waals surface area (Å²) >= 11 is 0. The second-order valence-corrected chi connectivity index (χ2v) is 8.53. The lowest BCUT2D eigenvalue weighted by molar-refractivity contribution is 0.241. The van der Waals surface area contributed by atoms with E-state index in [1.807, 2.05) is 70.3 Å². The Kier molecular flexibility index (Phi) is 5.32. The van der Waals surface area contributed by atoms with Crippen LogP contribution in [0.3, 0.4) is 0 Å². The van der Waals surface area contributed by atoms with E-state index < -0.39 is 0 Å². The van der Waals surface area contributed by atoms with E-state index in [-0.39, 0.29) is 12.1 Å². The lowest BCUT2D eigenvalue weighted by atomic mass is 9.95. The van der Waals surface area contributed by atoms with Crippen molar-refractivity contribution in [3.63, 3.8) is 0 Å². The molecule has 2 heterocycles. The monoisotopic (exact) mass is 444 g/mol. The highest BCUT2D eigenvalue weighted by atomic mass is 15.5. The number of aromatic nitrogens is 6. The van der Waals surface area contributed by atoms with Crippen LogP contribution in [-0.2, 0) is 12.8 Å². The lowest BCUT2D eigenvalue weighted by Crippen LogP contribution is -2.30. The Hall–Kier alpha value is -4.32. The summed E-state index contributed by atoms with van der Waals surface area (Å²) in [5.74, 6) is 0.